The summed E-state index contributed by atoms with van der Waals surface area (Å²) < 4.78 is 0. The number of aliphatic carboxylic acids is 1. The van der Waals surface area contributed by atoms with Crippen LogP contribution in [0.2, 0.25) is 0 Å². The van der Waals surface area contributed by atoms with E-state index in [-0.39, 0.29) is 18.6 Å². The van der Waals surface area contributed by atoms with Gasteiger partial charge in [-0.2, -0.15) is 0 Å². The number of carbonyl (C=O) groups is 2. The van der Waals surface area contributed by atoms with Gasteiger partial charge < -0.3 is 14.9 Å². The Balaban J connectivity index is 2.24. The second-order valence-corrected chi connectivity index (χ2v) is 5.14. The molecule has 2 rings (SSSR count). The molecule has 0 fully saturated rings. The van der Waals surface area contributed by atoms with E-state index in [2.05, 4.69) is 9.98 Å². The van der Waals surface area contributed by atoms with E-state index < -0.39 is 12.0 Å². The van der Waals surface area contributed by atoms with Crippen LogP contribution in [0.4, 0.5) is 0 Å². The molecule has 5 heteroatoms. The number of H-pyrrole nitrogens is 1. The summed E-state index contributed by atoms with van der Waals surface area (Å²) in [6.45, 7) is 3.11. The molecule has 1 N–H and O–H groups in total. The summed E-state index contributed by atoms with van der Waals surface area (Å²) in [5.41, 5.74) is 2.34. The zero-order valence-corrected chi connectivity index (χ0v) is 12.1. The van der Waals surface area contributed by atoms with Gasteiger partial charge in [-0.15, -0.1) is 0 Å². The normalized spacial score (nSPS) is 13.3. The highest BCUT2D eigenvalue weighted by molar-refractivity contribution is 6.00. The van der Waals surface area contributed by atoms with Crippen LogP contribution in [0.5, 0.6) is 0 Å². The van der Waals surface area contributed by atoms with Gasteiger partial charge in [-0.1, -0.05) is 18.2 Å². The van der Waals surface area contributed by atoms with Gasteiger partial charge in [0, 0.05) is 35.7 Å². The molecule has 0 radical (unpaired) electrons. The van der Waals surface area contributed by atoms with Crippen molar-refractivity contribution in [1.29, 1.82) is 0 Å². The van der Waals surface area contributed by atoms with Crippen molar-refractivity contribution in [3.8, 4) is 0 Å². The van der Waals surface area contributed by atoms with Crippen LogP contribution in [0.25, 0.3) is 10.9 Å². The lowest BCUT2D eigenvalue weighted by Crippen LogP contribution is -2.36. The number of carbonyl (C=O) groups excluding carboxylic acids is 2. The van der Waals surface area contributed by atoms with Crippen molar-refractivity contribution in [3.63, 3.8) is 0 Å². The maximum atomic E-state index is 11.3. The molecule has 0 saturated heterocycles. The van der Waals surface area contributed by atoms with Gasteiger partial charge in [0.2, 0.25) is 0 Å². The fraction of sp³-hybridized carbons (Fsp3) is 0.312. The van der Waals surface area contributed by atoms with Gasteiger partial charge in [-0.25, -0.2) is 0 Å². The number of aromatic nitrogens is 1. The highest BCUT2D eigenvalue weighted by Crippen LogP contribution is 2.19. The molecule has 21 heavy (non-hydrogen) atoms. The first-order chi connectivity index (χ1) is 9.97. The molecular weight excluding hydrogens is 268 g/mol. The summed E-state index contributed by atoms with van der Waals surface area (Å²) in [5, 5.41) is 12.2. The lowest BCUT2D eigenvalue weighted by molar-refractivity contribution is -0.307. The molecule has 0 aliphatic rings. The Kier molecular flexibility index (Phi) is 4.52. The van der Waals surface area contributed by atoms with Crippen LogP contribution in [0.3, 0.4) is 0 Å². The van der Waals surface area contributed by atoms with Crippen LogP contribution >= 0.6 is 0 Å². The smallest absolute Gasteiger partial charge is 0.135 e. The van der Waals surface area contributed by atoms with Crippen molar-refractivity contribution < 1.29 is 14.7 Å². The van der Waals surface area contributed by atoms with Crippen molar-refractivity contribution in [2.45, 2.75) is 32.7 Å². The molecule has 0 bridgehead atoms. The molecule has 0 amide bonds. The Hall–Kier alpha value is -2.43. The van der Waals surface area contributed by atoms with E-state index in [9.17, 15) is 14.7 Å². The van der Waals surface area contributed by atoms with E-state index in [0.717, 1.165) is 16.5 Å². The summed E-state index contributed by atoms with van der Waals surface area (Å²) >= 11 is 0. The van der Waals surface area contributed by atoms with E-state index in [1.807, 2.05) is 24.3 Å². The van der Waals surface area contributed by atoms with E-state index in [0.29, 0.717) is 5.71 Å². The van der Waals surface area contributed by atoms with Crippen molar-refractivity contribution in [3.05, 3.63) is 36.0 Å². The number of para-hydroxylation sites is 1. The number of rotatable bonds is 6. The van der Waals surface area contributed by atoms with Crippen LogP contribution in [-0.2, 0) is 16.0 Å². The number of nitrogens with one attached hydrogen (secondary N) is 1. The average molecular weight is 285 g/mol. The number of benzene rings is 1. The number of aliphatic imine (C=N–C) groups is 1. The molecule has 110 valence electrons. The van der Waals surface area contributed by atoms with Crippen LogP contribution in [0.1, 0.15) is 25.8 Å². The Morgan fingerprint density at radius 1 is 1.29 bits per heavy atom. The zero-order chi connectivity index (χ0) is 15.4. The zero-order valence-electron chi connectivity index (χ0n) is 12.1. The number of carboxylic acid groups (broad SMARTS) is 1. The molecule has 0 aliphatic heterocycles. The standard InChI is InChI=1S/C16H18N2O3/c1-10(7-11(2)19)18-15(16(20)21)8-12-9-17-14-6-4-3-5-13(12)14/h3-6,9,15,17H,7-8H2,1-2H3,(H,20,21)/p-1. The Labute approximate surface area is 122 Å². The number of Topliss-reactive ketones (excluding diaryl/α,β-unsaturated/α-hetero) is 1. The van der Waals surface area contributed by atoms with Gasteiger partial charge in [0.1, 0.15) is 5.78 Å². The maximum Gasteiger partial charge on any atom is 0.135 e. The number of aromatic amines is 1. The minimum atomic E-state index is -1.23. The van der Waals surface area contributed by atoms with E-state index in [4.69, 9.17) is 0 Å². The van der Waals surface area contributed by atoms with E-state index in [1.165, 1.54) is 6.92 Å². The minimum Gasteiger partial charge on any atom is -0.548 e. The SMILES string of the molecule is CC(=O)CC(C)=NC(Cc1c[nH]c2ccccc12)C(=O)[O-]. The molecule has 1 heterocycles. The van der Waals surface area contributed by atoms with Gasteiger partial charge >= 0.3 is 0 Å². The number of fused-ring (bicyclic) bond motifs is 1. The molecule has 5 nitrogen and oxygen atoms in total. The molecule has 1 aromatic heterocycles. The first kappa shape index (κ1) is 15.0. The minimum absolute atomic E-state index is 0.0413. The molecule has 2 aromatic rings. The summed E-state index contributed by atoms with van der Waals surface area (Å²) in [4.78, 5) is 29.5. The van der Waals surface area contributed by atoms with E-state index >= 15 is 0 Å². The maximum absolute atomic E-state index is 11.3. The summed E-state index contributed by atoms with van der Waals surface area (Å²) in [7, 11) is 0. The Morgan fingerprint density at radius 2 is 2.00 bits per heavy atom. The van der Waals surface area contributed by atoms with Crippen LogP contribution in [0, 0.1) is 0 Å². The van der Waals surface area contributed by atoms with Crippen LogP contribution in [0.15, 0.2) is 35.5 Å². The Bertz CT molecular complexity index is 700. The third-order valence-electron chi connectivity index (χ3n) is 3.24. The Morgan fingerprint density at radius 3 is 2.67 bits per heavy atom. The highest BCUT2D eigenvalue weighted by atomic mass is 16.4. The van der Waals surface area contributed by atoms with Crippen molar-refractivity contribution in [2.75, 3.05) is 0 Å². The van der Waals surface area contributed by atoms with Crippen LogP contribution < -0.4 is 5.11 Å². The molecule has 0 saturated carbocycles. The third kappa shape index (κ3) is 3.78. The molecule has 0 aliphatic carbocycles. The van der Waals surface area contributed by atoms with E-state index in [1.54, 1.807) is 13.1 Å². The number of ketones is 1. The molecule has 1 unspecified atom stereocenters. The third-order valence-corrected chi connectivity index (χ3v) is 3.24. The quantitative estimate of drug-likeness (QED) is 0.811. The molecule has 1 aromatic carbocycles. The predicted octanol–water partition coefficient (Wildman–Crippen LogP) is 1.27. The summed E-state index contributed by atoms with van der Waals surface area (Å²) in [5.74, 6) is -1.27. The molecular formula is C16H17N2O3-. The fourth-order valence-corrected chi connectivity index (χ4v) is 2.36. The second kappa shape index (κ2) is 6.35. The first-order valence-corrected chi connectivity index (χ1v) is 6.76. The summed E-state index contributed by atoms with van der Waals surface area (Å²) in [6.07, 6.45) is 2.19. The van der Waals surface area contributed by atoms with Gasteiger partial charge in [0.05, 0.1) is 12.0 Å². The lowest BCUT2D eigenvalue weighted by atomic mass is 10.1. The number of nitrogens with zero attached hydrogens (tertiary/aromatic N) is 1. The van der Waals surface area contributed by atoms with Crippen molar-refractivity contribution >= 4 is 28.4 Å². The second-order valence-electron chi connectivity index (χ2n) is 5.14. The topological polar surface area (TPSA) is 85.3 Å². The fourth-order valence-electron chi connectivity index (χ4n) is 2.36. The van der Waals surface area contributed by atoms with Gasteiger partial charge in [0.25, 0.3) is 0 Å². The van der Waals surface area contributed by atoms with Gasteiger partial charge in [-0.05, 0) is 25.5 Å². The van der Waals surface area contributed by atoms with Crippen molar-refractivity contribution in [1.82, 2.24) is 4.98 Å². The largest absolute Gasteiger partial charge is 0.548 e. The first-order valence-electron chi connectivity index (χ1n) is 6.76. The predicted molar refractivity (Wildman–Crippen MR) is 79.2 cm³/mol. The molecule has 0 spiro atoms. The van der Waals surface area contributed by atoms with Crippen molar-refractivity contribution in [2.24, 2.45) is 4.99 Å². The average Bonchev–Trinajstić information content (AvgIpc) is 2.80. The van der Waals surface area contributed by atoms with Crippen LogP contribution in [-0.4, -0.2) is 28.5 Å². The molecule has 1 atom stereocenters. The number of hydrogen-bond donors (Lipinski definition) is 1. The summed E-state index contributed by atoms with van der Waals surface area (Å²) in [6, 6.07) is 6.69. The number of hydrogen-bond acceptors (Lipinski definition) is 4. The van der Waals surface area contributed by atoms with Gasteiger partial charge in [-0.3, -0.25) is 9.79 Å². The van der Waals surface area contributed by atoms with Gasteiger partial charge in [0.15, 0.2) is 0 Å². The highest BCUT2D eigenvalue weighted by Gasteiger charge is 2.13. The number of carboxylic acids is 1. The monoisotopic (exact) mass is 285 g/mol. The lowest BCUT2D eigenvalue weighted by Gasteiger charge is -2.14.